The standard InChI is InChI=1S/C18H26N2O2.ClH/c1-12-8-15-10-17(22-16(15)9-13(12)2)18(21)20-6-4-14(5-7-20)11-19-3;/h8-9,14,17,19H,4-7,10-11H2,1-3H3;1H. The zero-order valence-electron chi connectivity index (χ0n) is 14.2. The van der Waals surface area contributed by atoms with Crippen molar-refractivity contribution in [1.82, 2.24) is 10.2 Å². The van der Waals surface area contributed by atoms with E-state index in [1.54, 1.807) is 0 Å². The molecule has 0 spiro atoms. The van der Waals surface area contributed by atoms with Crippen molar-refractivity contribution in [3.8, 4) is 5.75 Å². The van der Waals surface area contributed by atoms with E-state index in [4.69, 9.17) is 4.74 Å². The van der Waals surface area contributed by atoms with Crippen molar-refractivity contribution < 1.29 is 9.53 Å². The van der Waals surface area contributed by atoms with Gasteiger partial charge in [-0.3, -0.25) is 4.79 Å². The van der Waals surface area contributed by atoms with E-state index < -0.39 is 0 Å². The van der Waals surface area contributed by atoms with Gasteiger partial charge in [0.05, 0.1) is 0 Å². The van der Waals surface area contributed by atoms with Crippen molar-refractivity contribution in [2.45, 2.75) is 39.2 Å². The molecule has 1 N–H and O–H groups in total. The molecule has 5 heteroatoms. The Morgan fingerprint density at radius 3 is 2.57 bits per heavy atom. The van der Waals surface area contributed by atoms with Gasteiger partial charge in [-0.2, -0.15) is 0 Å². The van der Waals surface area contributed by atoms with Gasteiger partial charge in [0.15, 0.2) is 6.10 Å². The van der Waals surface area contributed by atoms with Crippen LogP contribution >= 0.6 is 12.4 Å². The maximum atomic E-state index is 12.7. The van der Waals surface area contributed by atoms with Crippen LogP contribution in [0, 0.1) is 19.8 Å². The van der Waals surface area contributed by atoms with Crippen molar-refractivity contribution in [2.75, 3.05) is 26.7 Å². The molecular formula is C18H27ClN2O2. The highest BCUT2D eigenvalue weighted by atomic mass is 35.5. The topological polar surface area (TPSA) is 41.6 Å². The lowest BCUT2D eigenvalue weighted by molar-refractivity contribution is -0.139. The quantitative estimate of drug-likeness (QED) is 0.920. The molecule has 4 nitrogen and oxygen atoms in total. The lowest BCUT2D eigenvalue weighted by Gasteiger charge is -2.33. The summed E-state index contributed by atoms with van der Waals surface area (Å²) in [5.41, 5.74) is 3.66. The monoisotopic (exact) mass is 338 g/mol. The van der Waals surface area contributed by atoms with Gasteiger partial charge in [0.1, 0.15) is 5.75 Å². The summed E-state index contributed by atoms with van der Waals surface area (Å²) in [6.45, 7) is 6.96. The Morgan fingerprint density at radius 2 is 1.91 bits per heavy atom. The number of carbonyl (C=O) groups excluding carboxylic acids is 1. The van der Waals surface area contributed by atoms with Crippen LogP contribution in [-0.2, 0) is 11.2 Å². The molecule has 128 valence electrons. The van der Waals surface area contributed by atoms with Gasteiger partial charge in [-0.15, -0.1) is 12.4 Å². The number of halogens is 1. The summed E-state index contributed by atoms with van der Waals surface area (Å²) in [4.78, 5) is 14.7. The molecule has 0 aromatic heterocycles. The van der Waals surface area contributed by atoms with Gasteiger partial charge in [-0.1, -0.05) is 6.07 Å². The lowest BCUT2D eigenvalue weighted by atomic mass is 9.96. The molecule has 2 aliphatic heterocycles. The average molecular weight is 339 g/mol. The second-order valence-electron chi connectivity index (χ2n) is 6.68. The van der Waals surface area contributed by atoms with Crippen LogP contribution < -0.4 is 10.1 Å². The Labute approximate surface area is 145 Å². The van der Waals surface area contributed by atoms with E-state index in [0.29, 0.717) is 12.3 Å². The van der Waals surface area contributed by atoms with E-state index in [1.165, 1.54) is 16.7 Å². The molecule has 1 saturated heterocycles. The zero-order valence-corrected chi connectivity index (χ0v) is 15.0. The molecular weight excluding hydrogens is 312 g/mol. The van der Waals surface area contributed by atoms with E-state index in [2.05, 4.69) is 31.3 Å². The fraction of sp³-hybridized carbons (Fsp3) is 0.611. The van der Waals surface area contributed by atoms with E-state index >= 15 is 0 Å². The molecule has 0 saturated carbocycles. The van der Waals surface area contributed by atoms with Crippen LogP contribution in [0.3, 0.4) is 0 Å². The maximum absolute atomic E-state index is 12.7. The summed E-state index contributed by atoms with van der Waals surface area (Å²) in [5.74, 6) is 1.75. The van der Waals surface area contributed by atoms with Gasteiger partial charge in [0.25, 0.3) is 5.91 Å². The SMILES string of the molecule is CNCC1CCN(C(=O)C2Cc3cc(C)c(C)cc3O2)CC1.Cl. The highest BCUT2D eigenvalue weighted by molar-refractivity contribution is 5.85. The summed E-state index contributed by atoms with van der Waals surface area (Å²) in [6, 6.07) is 4.23. The van der Waals surface area contributed by atoms with Crippen LogP contribution in [0.4, 0.5) is 0 Å². The predicted octanol–water partition coefficient (Wildman–Crippen LogP) is 2.49. The first kappa shape index (κ1) is 18.1. The predicted molar refractivity (Wildman–Crippen MR) is 94.5 cm³/mol. The van der Waals surface area contributed by atoms with Crippen molar-refractivity contribution in [3.05, 3.63) is 28.8 Å². The fourth-order valence-corrected chi connectivity index (χ4v) is 3.50. The van der Waals surface area contributed by atoms with Gasteiger partial charge in [-0.05, 0) is 69.0 Å². The molecule has 0 radical (unpaired) electrons. The van der Waals surface area contributed by atoms with E-state index in [0.717, 1.165) is 38.2 Å². The number of likely N-dealkylation sites (tertiary alicyclic amines) is 1. The van der Waals surface area contributed by atoms with Gasteiger partial charge in [-0.25, -0.2) is 0 Å². The minimum Gasteiger partial charge on any atom is -0.480 e. The van der Waals surface area contributed by atoms with Crippen molar-refractivity contribution in [1.29, 1.82) is 0 Å². The summed E-state index contributed by atoms with van der Waals surface area (Å²) in [7, 11) is 1.99. The summed E-state index contributed by atoms with van der Waals surface area (Å²) in [6.07, 6.45) is 2.57. The first-order chi connectivity index (χ1) is 10.6. The number of nitrogens with one attached hydrogen (secondary N) is 1. The highest BCUT2D eigenvalue weighted by Crippen LogP contribution is 2.32. The normalized spacial score (nSPS) is 20.7. The third-order valence-corrected chi connectivity index (χ3v) is 5.05. The number of rotatable bonds is 3. The van der Waals surface area contributed by atoms with Gasteiger partial charge >= 0.3 is 0 Å². The molecule has 1 fully saturated rings. The van der Waals surface area contributed by atoms with E-state index in [9.17, 15) is 4.79 Å². The van der Waals surface area contributed by atoms with Gasteiger partial charge < -0.3 is 15.0 Å². The molecule has 1 aromatic carbocycles. The van der Waals surface area contributed by atoms with Crippen molar-refractivity contribution in [2.24, 2.45) is 5.92 Å². The average Bonchev–Trinajstić information content (AvgIpc) is 2.91. The largest absolute Gasteiger partial charge is 0.480 e. The minimum absolute atomic E-state index is 0. The Balaban J connectivity index is 0.00000192. The molecule has 0 bridgehead atoms. The molecule has 0 aliphatic carbocycles. The fourth-order valence-electron chi connectivity index (χ4n) is 3.50. The minimum atomic E-state index is -0.322. The van der Waals surface area contributed by atoms with Crippen LogP contribution in [-0.4, -0.2) is 43.6 Å². The maximum Gasteiger partial charge on any atom is 0.263 e. The Bertz CT molecular complexity index is 537. The van der Waals surface area contributed by atoms with Crippen molar-refractivity contribution >= 4 is 18.3 Å². The zero-order chi connectivity index (χ0) is 15.7. The molecule has 1 atom stereocenters. The molecule has 1 aromatic rings. The molecule has 1 unspecified atom stereocenters. The van der Waals surface area contributed by atoms with Crippen LogP contribution in [0.5, 0.6) is 5.75 Å². The number of piperidine rings is 1. The molecule has 2 heterocycles. The number of fused-ring (bicyclic) bond motifs is 1. The van der Waals surface area contributed by atoms with Crippen LogP contribution in [0.15, 0.2) is 12.1 Å². The van der Waals surface area contributed by atoms with Crippen LogP contribution in [0.1, 0.15) is 29.5 Å². The summed E-state index contributed by atoms with van der Waals surface area (Å²) in [5, 5.41) is 3.23. The summed E-state index contributed by atoms with van der Waals surface area (Å²) >= 11 is 0. The second kappa shape index (κ2) is 7.54. The van der Waals surface area contributed by atoms with E-state index in [-0.39, 0.29) is 24.4 Å². The van der Waals surface area contributed by atoms with Gasteiger partial charge in [0, 0.05) is 19.5 Å². The number of carbonyl (C=O) groups is 1. The number of ether oxygens (including phenoxy) is 1. The Kier molecular flexibility index (Phi) is 5.93. The highest BCUT2D eigenvalue weighted by Gasteiger charge is 2.34. The number of hydrogen-bond donors (Lipinski definition) is 1. The Hall–Kier alpha value is -1.26. The molecule has 3 rings (SSSR count). The van der Waals surface area contributed by atoms with E-state index in [1.807, 2.05) is 11.9 Å². The third-order valence-electron chi connectivity index (χ3n) is 5.05. The number of benzene rings is 1. The number of aryl methyl sites for hydroxylation is 2. The van der Waals surface area contributed by atoms with Crippen LogP contribution in [0.2, 0.25) is 0 Å². The molecule has 1 amide bonds. The third kappa shape index (κ3) is 3.81. The molecule has 23 heavy (non-hydrogen) atoms. The number of amides is 1. The van der Waals surface area contributed by atoms with Gasteiger partial charge in [0.2, 0.25) is 0 Å². The first-order valence-electron chi connectivity index (χ1n) is 8.28. The Morgan fingerprint density at radius 1 is 1.26 bits per heavy atom. The number of nitrogens with zero attached hydrogens (tertiary/aromatic N) is 1. The lowest BCUT2D eigenvalue weighted by Crippen LogP contribution is -2.46. The molecule has 2 aliphatic rings. The summed E-state index contributed by atoms with van der Waals surface area (Å²) < 4.78 is 5.93. The first-order valence-corrected chi connectivity index (χ1v) is 8.28. The number of hydrogen-bond acceptors (Lipinski definition) is 3. The second-order valence-corrected chi connectivity index (χ2v) is 6.68. The smallest absolute Gasteiger partial charge is 0.263 e. The van der Waals surface area contributed by atoms with Crippen molar-refractivity contribution in [3.63, 3.8) is 0 Å². The van der Waals surface area contributed by atoms with Crippen LogP contribution in [0.25, 0.3) is 0 Å².